The van der Waals surface area contributed by atoms with Gasteiger partial charge in [0, 0.05) is 28.2 Å². The first-order valence-corrected chi connectivity index (χ1v) is 5.06. The molecule has 0 rings (SSSR count). The molecule has 0 heterocycles. The topological polar surface area (TPSA) is 97.6 Å². The van der Waals surface area contributed by atoms with Crippen LogP contribution in [0, 0.1) is 0 Å². The standard InChI is InChI=1S/C9H20N8.HI/c1-7(15-17-9(12-4)13-5)6-14-16-8(10-2)11-3;/h6H,1-5H3,(H2,10,11,16)(H2,12,13,17);1H. The lowest BCUT2D eigenvalue weighted by Crippen LogP contribution is -2.32. The zero-order valence-electron chi connectivity index (χ0n) is 11.3. The van der Waals surface area contributed by atoms with Crippen molar-refractivity contribution in [1.82, 2.24) is 21.5 Å². The van der Waals surface area contributed by atoms with E-state index in [1.54, 1.807) is 34.4 Å². The van der Waals surface area contributed by atoms with Gasteiger partial charge in [-0.2, -0.15) is 10.2 Å². The fourth-order valence-electron chi connectivity index (χ4n) is 0.792. The van der Waals surface area contributed by atoms with Gasteiger partial charge < -0.3 is 10.6 Å². The lowest BCUT2D eigenvalue weighted by atomic mass is 10.5. The molecule has 0 aliphatic carbocycles. The number of hydrazone groups is 2. The second-order valence-corrected chi connectivity index (χ2v) is 2.88. The normalized spacial score (nSPS) is 13.1. The quantitative estimate of drug-likeness (QED) is 0.235. The predicted molar refractivity (Wildman–Crippen MR) is 88.1 cm³/mol. The van der Waals surface area contributed by atoms with Gasteiger partial charge in [0.15, 0.2) is 0 Å². The molecule has 0 radical (unpaired) electrons. The minimum atomic E-state index is 0. The van der Waals surface area contributed by atoms with Crippen LogP contribution in [0.15, 0.2) is 20.2 Å². The Balaban J connectivity index is 0. The molecule has 104 valence electrons. The minimum absolute atomic E-state index is 0. The Morgan fingerprint density at radius 1 is 0.944 bits per heavy atom. The minimum Gasteiger partial charge on any atom is -0.358 e. The number of nitrogens with one attached hydrogen (secondary N) is 4. The van der Waals surface area contributed by atoms with Gasteiger partial charge in [-0.25, -0.2) is 10.9 Å². The summed E-state index contributed by atoms with van der Waals surface area (Å²) in [6.45, 7) is 1.81. The molecule has 0 aliphatic heterocycles. The van der Waals surface area contributed by atoms with E-state index in [1.165, 1.54) is 0 Å². The molecule has 0 aromatic carbocycles. The highest BCUT2D eigenvalue weighted by Crippen LogP contribution is 1.72. The van der Waals surface area contributed by atoms with Gasteiger partial charge in [0.05, 0.1) is 11.9 Å². The van der Waals surface area contributed by atoms with Crippen molar-refractivity contribution in [3.8, 4) is 0 Å². The number of guanidine groups is 2. The number of aliphatic imine (C=N–C) groups is 2. The Hall–Kier alpha value is -1.39. The molecular weight excluding hydrogens is 347 g/mol. The Labute approximate surface area is 125 Å². The van der Waals surface area contributed by atoms with Crippen molar-refractivity contribution < 1.29 is 0 Å². The number of rotatable bonds is 3. The molecule has 8 nitrogen and oxygen atoms in total. The van der Waals surface area contributed by atoms with E-state index in [1.807, 2.05) is 6.92 Å². The van der Waals surface area contributed by atoms with E-state index in [9.17, 15) is 0 Å². The lowest BCUT2D eigenvalue weighted by Gasteiger charge is -2.03. The Morgan fingerprint density at radius 2 is 1.44 bits per heavy atom. The van der Waals surface area contributed by atoms with Crippen molar-refractivity contribution in [2.24, 2.45) is 20.2 Å². The van der Waals surface area contributed by atoms with Crippen LogP contribution in [0.25, 0.3) is 0 Å². The molecule has 0 aromatic heterocycles. The van der Waals surface area contributed by atoms with Crippen LogP contribution in [-0.4, -0.2) is 52.0 Å². The summed E-state index contributed by atoms with van der Waals surface area (Å²) in [6, 6.07) is 0. The summed E-state index contributed by atoms with van der Waals surface area (Å²) < 4.78 is 0. The summed E-state index contributed by atoms with van der Waals surface area (Å²) in [5.74, 6) is 1.16. The molecule has 0 unspecified atom stereocenters. The lowest BCUT2D eigenvalue weighted by molar-refractivity contribution is 0.934. The molecule has 0 spiro atoms. The highest BCUT2D eigenvalue weighted by atomic mass is 127. The molecule has 0 aromatic rings. The summed E-state index contributed by atoms with van der Waals surface area (Å²) in [7, 11) is 6.83. The highest BCUT2D eigenvalue weighted by Gasteiger charge is 1.91. The van der Waals surface area contributed by atoms with Crippen LogP contribution in [0.1, 0.15) is 6.92 Å². The van der Waals surface area contributed by atoms with Gasteiger partial charge in [0.1, 0.15) is 0 Å². The van der Waals surface area contributed by atoms with Crippen LogP contribution in [0.5, 0.6) is 0 Å². The third kappa shape index (κ3) is 8.73. The molecule has 9 heteroatoms. The van der Waals surface area contributed by atoms with E-state index in [0.29, 0.717) is 17.6 Å². The van der Waals surface area contributed by atoms with Gasteiger partial charge in [0.25, 0.3) is 0 Å². The second-order valence-electron chi connectivity index (χ2n) is 2.88. The van der Waals surface area contributed by atoms with Gasteiger partial charge >= 0.3 is 0 Å². The zero-order valence-corrected chi connectivity index (χ0v) is 13.6. The van der Waals surface area contributed by atoms with Crippen LogP contribution in [0.4, 0.5) is 0 Å². The van der Waals surface area contributed by atoms with Gasteiger partial charge in [-0.15, -0.1) is 24.0 Å². The van der Waals surface area contributed by atoms with E-state index in [2.05, 4.69) is 41.7 Å². The van der Waals surface area contributed by atoms with Crippen LogP contribution >= 0.6 is 24.0 Å². The molecule has 0 saturated heterocycles. The van der Waals surface area contributed by atoms with Gasteiger partial charge in [0.2, 0.25) is 11.9 Å². The maximum absolute atomic E-state index is 4.04. The SMILES string of the molecule is CN=C(NC)NN=CC(C)=NNC(=NC)NC.I. The maximum Gasteiger partial charge on any atom is 0.211 e. The molecule has 18 heavy (non-hydrogen) atoms. The molecule has 0 bridgehead atoms. The summed E-state index contributed by atoms with van der Waals surface area (Å²) >= 11 is 0. The Morgan fingerprint density at radius 3 is 1.89 bits per heavy atom. The first kappa shape index (κ1) is 19.0. The average molecular weight is 368 g/mol. The van der Waals surface area contributed by atoms with Crippen LogP contribution in [0.2, 0.25) is 0 Å². The molecular formula is C9H21IN8. The third-order valence-corrected chi connectivity index (χ3v) is 1.68. The number of hydrogen-bond donors (Lipinski definition) is 4. The predicted octanol–water partition coefficient (Wildman–Crippen LogP) is -0.444. The average Bonchev–Trinajstić information content (AvgIpc) is 2.36. The summed E-state index contributed by atoms with van der Waals surface area (Å²) in [4.78, 5) is 7.81. The first-order valence-electron chi connectivity index (χ1n) is 5.06. The van der Waals surface area contributed by atoms with Gasteiger partial charge in [-0.3, -0.25) is 9.98 Å². The molecule has 0 amide bonds. The summed E-state index contributed by atoms with van der Waals surface area (Å²) in [5, 5.41) is 13.7. The van der Waals surface area contributed by atoms with Crippen molar-refractivity contribution in [2.75, 3.05) is 28.2 Å². The molecule has 0 fully saturated rings. The smallest absolute Gasteiger partial charge is 0.211 e. The van der Waals surface area contributed by atoms with Crippen molar-refractivity contribution in [1.29, 1.82) is 0 Å². The second kappa shape index (κ2) is 12.1. The fourth-order valence-corrected chi connectivity index (χ4v) is 0.792. The third-order valence-electron chi connectivity index (χ3n) is 1.68. The monoisotopic (exact) mass is 368 g/mol. The first-order chi connectivity index (χ1) is 8.17. The molecule has 0 saturated carbocycles. The van der Waals surface area contributed by atoms with E-state index in [4.69, 9.17) is 0 Å². The van der Waals surface area contributed by atoms with Crippen molar-refractivity contribution >= 4 is 47.8 Å². The van der Waals surface area contributed by atoms with E-state index in [0.717, 1.165) is 0 Å². The van der Waals surface area contributed by atoms with E-state index >= 15 is 0 Å². The van der Waals surface area contributed by atoms with Crippen molar-refractivity contribution in [2.45, 2.75) is 6.92 Å². The van der Waals surface area contributed by atoms with Crippen LogP contribution < -0.4 is 21.5 Å². The summed E-state index contributed by atoms with van der Waals surface area (Å²) in [6.07, 6.45) is 1.57. The van der Waals surface area contributed by atoms with Crippen molar-refractivity contribution in [3.63, 3.8) is 0 Å². The van der Waals surface area contributed by atoms with E-state index in [-0.39, 0.29) is 24.0 Å². The molecule has 4 N–H and O–H groups in total. The maximum atomic E-state index is 4.04. The van der Waals surface area contributed by atoms with E-state index < -0.39 is 0 Å². The number of hydrogen-bond acceptors (Lipinski definition) is 4. The van der Waals surface area contributed by atoms with Gasteiger partial charge in [-0.05, 0) is 6.92 Å². The zero-order chi connectivity index (χ0) is 13.1. The Kier molecular flexibility index (Phi) is 12.7. The fraction of sp³-hybridized carbons (Fsp3) is 0.556. The van der Waals surface area contributed by atoms with Crippen LogP contribution in [0.3, 0.4) is 0 Å². The number of nitrogens with zero attached hydrogens (tertiary/aromatic N) is 4. The molecule has 0 aliphatic rings. The summed E-state index contributed by atoms with van der Waals surface area (Å²) in [5.41, 5.74) is 6.16. The Bertz CT molecular complexity index is 333. The highest BCUT2D eigenvalue weighted by molar-refractivity contribution is 14.0. The molecule has 0 atom stereocenters. The van der Waals surface area contributed by atoms with Gasteiger partial charge in [-0.1, -0.05) is 0 Å². The van der Waals surface area contributed by atoms with Crippen molar-refractivity contribution in [3.05, 3.63) is 0 Å². The number of halogens is 1. The van der Waals surface area contributed by atoms with Crippen LogP contribution in [-0.2, 0) is 0 Å². The largest absolute Gasteiger partial charge is 0.358 e.